The summed E-state index contributed by atoms with van der Waals surface area (Å²) in [5, 5.41) is 0.857. The maximum absolute atomic E-state index is 11.7. The van der Waals surface area contributed by atoms with Crippen molar-refractivity contribution in [3.8, 4) is 17.6 Å². The molecule has 0 aliphatic rings. The zero-order chi connectivity index (χ0) is 18.4. The highest BCUT2D eigenvalue weighted by atomic mass is 16.5. The molecule has 1 aromatic heterocycles. The van der Waals surface area contributed by atoms with Crippen LogP contribution in [0.15, 0.2) is 63.8 Å². The van der Waals surface area contributed by atoms with E-state index in [0.29, 0.717) is 16.9 Å². The van der Waals surface area contributed by atoms with Crippen molar-refractivity contribution in [3.63, 3.8) is 0 Å². The van der Waals surface area contributed by atoms with Crippen molar-refractivity contribution in [1.82, 2.24) is 0 Å². The van der Waals surface area contributed by atoms with E-state index >= 15 is 0 Å². The lowest BCUT2D eigenvalue weighted by Crippen LogP contribution is -2.05. The zero-order valence-corrected chi connectivity index (χ0v) is 14.2. The van der Waals surface area contributed by atoms with E-state index in [1.54, 1.807) is 36.4 Å². The summed E-state index contributed by atoms with van der Waals surface area (Å²) in [4.78, 5) is 23.2. The number of carbonyl (C=O) groups is 1. The lowest BCUT2D eigenvalue weighted by molar-refractivity contribution is 0.0556. The van der Waals surface area contributed by atoms with Gasteiger partial charge in [-0.25, -0.2) is 9.59 Å². The van der Waals surface area contributed by atoms with Gasteiger partial charge in [-0.15, -0.1) is 0 Å². The van der Waals surface area contributed by atoms with E-state index < -0.39 is 11.6 Å². The van der Waals surface area contributed by atoms with Gasteiger partial charge in [0.1, 0.15) is 17.9 Å². The molecular formula is C21H16O5. The van der Waals surface area contributed by atoms with Crippen molar-refractivity contribution in [2.75, 3.05) is 13.2 Å². The van der Waals surface area contributed by atoms with Crippen LogP contribution in [-0.2, 0) is 4.74 Å². The van der Waals surface area contributed by atoms with Gasteiger partial charge in [-0.2, -0.15) is 0 Å². The van der Waals surface area contributed by atoms with Gasteiger partial charge in [0.05, 0.1) is 5.56 Å². The first-order valence-corrected chi connectivity index (χ1v) is 7.99. The van der Waals surface area contributed by atoms with Crippen LogP contribution in [0.3, 0.4) is 0 Å². The van der Waals surface area contributed by atoms with Crippen LogP contribution in [0.25, 0.3) is 11.0 Å². The molecule has 0 fully saturated rings. The molecule has 0 amide bonds. The number of hydrogen-bond acceptors (Lipinski definition) is 5. The monoisotopic (exact) mass is 348 g/mol. The molecule has 0 bridgehead atoms. The summed E-state index contributed by atoms with van der Waals surface area (Å²) in [6.45, 7) is 1.97. The topological polar surface area (TPSA) is 65.7 Å². The van der Waals surface area contributed by atoms with Gasteiger partial charge < -0.3 is 13.9 Å². The highest BCUT2D eigenvalue weighted by molar-refractivity contribution is 5.89. The van der Waals surface area contributed by atoms with Crippen molar-refractivity contribution in [3.05, 3.63) is 76.1 Å². The second-order valence-corrected chi connectivity index (χ2v) is 5.49. The molecule has 0 aliphatic carbocycles. The Hall–Kier alpha value is -3.52. The van der Waals surface area contributed by atoms with E-state index in [4.69, 9.17) is 13.9 Å². The molecule has 5 nitrogen and oxygen atoms in total. The molecule has 0 saturated heterocycles. The van der Waals surface area contributed by atoms with Crippen LogP contribution in [0, 0.1) is 18.8 Å². The number of fused-ring (bicyclic) bond motifs is 1. The molecule has 3 rings (SSSR count). The molecule has 26 heavy (non-hydrogen) atoms. The van der Waals surface area contributed by atoms with E-state index in [1.165, 1.54) is 6.07 Å². The molecule has 130 valence electrons. The molecule has 0 saturated carbocycles. The van der Waals surface area contributed by atoms with E-state index in [2.05, 4.69) is 11.8 Å². The molecule has 0 N–H and O–H groups in total. The summed E-state index contributed by atoms with van der Waals surface area (Å²) in [6.07, 6.45) is 0. The Balaban J connectivity index is 1.52. The van der Waals surface area contributed by atoms with Crippen LogP contribution in [0.4, 0.5) is 0 Å². The predicted octanol–water partition coefficient (Wildman–Crippen LogP) is 3.34. The normalized spacial score (nSPS) is 10.0. The first-order chi connectivity index (χ1) is 12.6. The second-order valence-electron chi connectivity index (χ2n) is 5.49. The Morgan fingerprint density at radius 2 is 1.81 bits per heavy atom. The largest absolute Gasteiger partial charge is 0.481 e. The minimum Gasteiger partial charge on any atom is -0.481 e. The first-order valence-electron chi connectivity index (χ1n) is 7.99. The van der Waals surface area contributed by atoms with Gasteiger partial charge in [-0.3, -0.25) is 0 Å². The minimum atomic E-state index is -0.416. The van der Waals surface area contributed by atoms with Crippen molar-refractivity contribution in [2.45, 2.75) is 6.92 Å². The molecule has 3 aromatic rings. The van der Waals surface area contributed by atoms with Gasteiger partial charge in [-0.1, -0.05) is 30.0 Å². The average Bonchev–Trinajstić information content (AvgIpc) is 2.64. The summed E-state index contributed by atoms with van der Waals surface area (Å²) in [7, 11) is 0. The Bertz CT molecular complexity index is 1040. The minimum absolute atomic E-state index is 0.0110. The SMILES string of the molecule is Cc1cc(=O)oc2cc(OCC#CCOC(=O)c3ccccc3)ccc12. The average molecular weight is 348 g/mol. The van der Waals surface area contributed by atoms with Crippen LogP contribution in [0.5, 0.6) is 5.75 Å². The maximum atomic E-state index is 11.7. The van der Waals surface area contributed by atoms with Gasteiger partial charge in [0.25, 0.3) is 0 Å². The van der Waals surface area contributed by atoms with Gasteiger partial charge >= 0.3 is 11.6 Å². The van der Waals surface area contributed by atoms with Crippen LogP contribution in [-0.4, -0.2) is 19.2 Å². The molecule has 0 spiro atoms. The van der Waals surface area contributed by atoms with E-state index in [0.717, 1.165) is 10.9 Å². The number of rotatable bonds is 4. The Morgan fingerprint density at radius 1 is 1.04 bits per heavy atom. The van der Waals surface area contributed by atoms with Crippen LogP contribution in [0.2, 0.25) is 0 Å². The Labute approximate surface area is 150 Å². The molecule has 2 aromatic carbocycles. The van der Waals surface area contributed by atoms with Gasteiger partial charge in [-0.05, 0) is 36.8 Å². The third-order valence-electron chi connectivity index (χ3n) is 3.64. The molecule has 1 heterocycles. The lowest BCUT2D eigenvalue weighted by atomic mass is 10.1. The fourth-order valence-corrected chi connectivity index (χ4v) is 2.38. The summed E-state index contributed by atoms with van der Waals surface area (Å²) in [6, 6.07) is 15.4. The fraction of sp³-hybridized carbons (Fsp3) is 0.143. The predicted molar refractivity (Wildman–Crippen MR) is 97.2 cm³/mol. The van der Waals surface area contributed by atoms with Gasteiger partial charge in [0.15, 0.2) is 6.61 Å². The maximum Gasteiger partial charge on any atom is 0.339 e. The molecule has 5 heteroatoms. The Kier molecular flexibility index (Phi) is 5.35. The van der Waals surface area contributed by atoms with Crippen molar-refractivity contribution >= 4 is 16.9 Å². The highest BCUT2D eigenvalue weighted by Gasteiger charge is 2.04. The highest BCUT2D eigenvalue weighted by Crippen LogP contribution is 2.22. The summed E-state index contributed by atoms with van der Waals surface area (Å²) >= 11 is 0. The second kappa shape index (κ2) is 8.04. The van der Waals surface area contributed by atoms with Gasteiger partial charge in [0.2, 0.25) is 0 Å². The summed E-state index contributed by atoms with van der Waals surface area (Å²) < 4.78 is 15.7. The number of esters is 1. The van der Waals surface area contributed by atoms with Crippen molar-refractivity contribution in [1.29, 1.82) is 0 Å². The smallest absolute Gasteiger partial charge is 0.339 e. The number of carbonyl (C=O) groups excluding carboxylic acids is 1. The van der Waals surface area contributed by atoms with E-state index in [-0.39, 0.29) is 13.2 Å². The summed E-state index contributed by atoms with van der Waals surface area (Å²) in [5.41, 5.74) is 1.41. The standard InChI is InChI=1S/C21H16O5/c1-15-13-20(22)26-19-14-17(9-10-18(15)19)24-11-5-6-12-25-21(23)16-7-3-2-4-8-16/h2-4,7-10,13-14H,11-12H2,1H3. The fourth-order valence-electron chi connectivity index (χ4n) is 2.38. The third-order valence-corrected chi connectivity index (χ3v) is 3.64. The molecule has 0 unspecified atom stereocenters. The Morgan fingerprint density at radius 3 is 2.62 bits per heavy atom. The molecule has 0 radical (unpaired) electrons. The van der Waals surface area contributed by atoms with E-state index in [1.807, 2.05) is 19.1 Å². The molecule has 0 aliphatic heterocycles. The quantitative estimate of drug-likeness (QED) is 0.411. The third kappa shape index (κ3) is 4.31. The number of ether oxygens (including phenoxy) is 2. The summed E-state index contributed by atoms with van der Waals surface area (Å²) in [5.74, 6) is 5.62. The van der Waals surface area contributed by atoms with Crippen LogP contribution in [0.1, 0.15) is 15.9 Å². The lowest BCUT2D eigenvalue weighted by Gasteiger charge is -2.04. The van der Waals surface area contributed by atoms with Crippen molar-refractivity contribution < 1.29 is 18.7 Å². The van der Waals surface area contributed by atoms with Crippen LogP contribution >= 0.6 is 0 Å². The van der Waals surface area contributed by atoms with E-state index in [9.17, 15) is 9.59 Å². The number of benzene rings is 2. The van der Waals surface area contributed by atoms with Crippen LogP contribution < -0.4 is 10.4 Å². The number of hydrogen-bond donors (Lipinski definition) is 0. The molecular weight excluding hydrogens is 332 g/mol. The van der Waals surface area contributed by atoms with Crippen molar-refractivity contribution in [2.24, 2.45) is 0 Å². The number of aryl methyl sites for hydroxylation is 1. The molecule has 0 atom stereocenters. The first kappa shape index (κ1) is 17.3. The zero-order valence-electron chi connectivity index (χ0n) is 14.2. The van der Waals surface area contributed by atoms with Gasteiger partial charge in [0, 0.05) is 17.5 Å².